The molecule has 130 valence electrons. The number of anilines is 3. The highest BCUT2D eigenvalue weighted by molar-refractivity contribution is 5.66. The number of benzene rings is 2. The van der Waals surface area contributed by atoms with Crippen molar-refractivity contribution in [3.8, 4) is 17.3 Å². The lowest BCUT2D eigenvalue weighted by molar-refractivity contribution is 0.210. The zero-order chi connectivity index (χ0) is 18.2. The topological polar surface area (TPSA) is 82.9 Å². The Morgan fingerprint density at radius 3 is 2.50 bits per heavy atom. The van der Waals surface area contributed by atoms with Crippen LogP contribution in [0, 0.1) is 11.3 Å². The maximum absolute atomic E-state index is 8.91. The van der Waals surface area contributed by atoms with Crippen molar-refractivity contribution in [3.63, 3.8) is 0 Å². The number of nitriles is 1. The summed E-state index contributed by atoms with van der Waals surface area (Å²) in [5, 5.41) is 15.3. The number of ether oxygens (including phenoxy) is 1. The van der Waals surface area contributed by atoms with Crippen molar-refractivity contribution < 1.29 is 4.74 Å². The molecule has 26 heavy (non-hydrogen) atoms. The minimum absolute atomic E-state index is 0.482. The van der Waals surface area contributed by atoms with Crippen LogP contribution >= 0.6 is 0 Å². The third kappa shape index (κ3) is 4.56. The minimum atomic E-state index is 0.482. The fourth-order valence-corrected chi connectivity index (χ4v) is 2.39. The van der Waals surface area contributed by atoms with E-state index in [1.807, 2.05) is 48.5 Å². The van der Waals surface area contributed by atoms with E-state index in [9.17, 15) is 0 Å². The molecule has 3 rings (SSSR count). The smallest absolute Gasteiger partial charge is 0.229 e. The van der Waals surface area contributed by atoms with Gasteiger partial charge in [0.15, 0.2) is 0 Å². The average molecular weight is 345 g/mol. The average Bonchev–Trinajstić information content (AvgIpc) is 2.69. The standard InChI is InChI=1S/C20H19N5O/c1-26-12-11-22-19-13-18(16-5-3-2-4-6-16)24-20(25-19)23-17-9-7-15(14-21)8-10-17/h2-10,13H,11-12H2,1H3,(H2,22,23,24,25). The normalized spacial score (nSPS) is 10.2. The van der Waals surface area contributed by atoms with Crippen molar-refractivity contribution in [3.05, 3.63) is 66.2 Å². The Morgan fingerprint density at radius 1 is 1.04 bits per heavy atom. The summed E-state index contributed by atoms with van der Waals surface area (Å²) in [6, 6.07) is 21.1. The number of hydrogen-bond donors (Lipinski definition) is 2. The van der Waals surface area contributed by atoms with Gasteiger partial charge in [-0.05, 0) is 24.3 Å². The summed E-state index contributed by atoms with van der Waals surface area (Å²) in [6.45, 7) is 1.24. The Balaban J connectivity index is 1.89. The monoisotopic (exact) mass is 345 g/mol. The maximum atomic E-state index is 8.91. The van der Waals surface area contributed by atoms with Crippen molar-refractivity contribution in [2.24, 2.45) is 0 Å². The van der Waals surface area contributed by atoms with Crippen LogP contribution in [0.5, 0.6) is 0 Å². The number of methoxy groups -OCH3 is 1. The summed E-state index contributed by atoms with van der Waals surface area (Å²) in [5.41, 5.74) is 3.25. The first-order valence-corrected chi connectivity index (χ1v) is 8.23. The van der Waals surface area contributed by atoms with Crippen LogP contribution in [0.4, 0.5) is 17.5 Å². The highest BCUT2D eigenvalue weighted by Crippen LogP contribution is 2.23. The Morgan fingerprint density at radius 2 is 1.81 bits per heavy atom. The molecule has 0 unspecified atom stereocenters. The van der Waals surface area contributed by atoms with E-state index >= 15 is 0 Å². The van der Waals surface area contributed by atoms with Crippen LogP contribution in [0.3, 0.4) is 0 Å². The van der Waals surface area contributed by atoms with Crippen LogP contribution in [0.1, 0.15) is 5.56 Å². The lowest BCUT2D eigenvalue weighted by Gasteiger charge is -2.11. The quantitative estimate of drug-likeness (QED) is 0.634. The van der Waals surface area contributed by atoms with Crippen molar-refractivity contribution in [1.82, 2.24) is 9.97 Å². The van der Waals surface area contributed by atoms with Gasteiger partial charge in [0.05, 0.1) is 23.9 Å². The first-order chi connectivity index (χ1) is 12.8. The molecule has 0 spiro atoms. The van der Waals surface area contributed by atoms with E-state index in [1.165, 1.54) is 0 Å². The Hall–Kier alpha value is -3.43. The molecule has 0 amide bonds. The molecule has 0 radical (unpaired) electrons. The fourth-order valence-electron chi connectivity index (χ4n) is 2.39. The van der Waals surface area contributed by atoms with E-state index in [1.54, 1.807) is 19.2 Å². The maximum Gasteiger partial charge on any atom is 0.229 e. The lowest BCUT2D eigenvalue weighted by atomic mass is 10.1. The molecule has 0 bridgehead atoms. The van der Waals surface area contributed by atoms with E-state index in [2.05, 4.69) is 26.7 Å². The molecule has 6 heteroatoms. The molecule has 2 N–H and O–H groups in total. The van der Waals surface area contributed by atoms with Crippen LogP contribution in [0.25, 0.3) is 11.3 Å². The van der Waals surface area contributed by atoms with Gasteiger partial charge in [0.2, 0.25) is 5.95 Å². The molecule has 0 saturated heterocycles. The minimum Gasteiger partial charge on any atom is -0.383 e. The summed E-state index contributed by atoms with van der Waals surface area (Å²) in [5.74, 6) is 1.20. The SMILES string of the molecule is COCCNc1cc(-c2ccccc2)nc(Nc2ccc(C#N)cc2)n1. The predicted molar refractivity (Wildman–Crippen MR) is 102 cm³/mol. The van der Waals surface area contributed by atoms with Gasteiger partial charge in [-0.1, -0.05) is 30.3 Å². The van der Waals surface area contributed by atoms with E-state index in [0.29, 0.717) is 30.5 Å². The molecular formula is C20H19N5O. The molecule has 0 saturated carbocycles. The van der Waals surface area contributed by atoms with Crippen molar-refractivity contribution in [1.29, 1.82) is 5.26 Å². The summed E-state index contributed by atoms with van der Waals surface area (Å²) in [6.07, 6.45) is 0. The van der Waals surface area contributed by atoms with Crippen LogP contribution in [-0.2, 0) is 4.74 Å². The molecule has 0 fully saturated rings. The Kier molecular flexibility index (Phi) is 5.76. The number of hydrogen-bond acceptors (Lipinski definition) is 6. The van der Waals surface area contributed by atoms with Gasteiger partial charge in [-0.2, -0.15) is 10.2 Å². The van der Waals surface area contributed by atoms with Crippen molar-refractivity contribution >= 4 is 17.5 Å². The van der Waals surface area contributed by atoms with Crippen LogP contribution in [0.2, 0.25) is 0 Å². The van der Waals surface area contributed by atoms with Crippen LogP contribution < -0.4 is 10.6 Å². The second-order valence-corrected chi connectivity index (χ2v) is 5.56. The number of rotatable bonds is 7. The Bertz CT molecular complexity index is 888. The van der Waals surface area contributed by atoms with E-state index in [0.717, 1.165) is 16.9 Å². The molecule has 3 aromatic rings. The van der Waals surface area contributed by atoms with Crippen LogP contribution in [-0.4, -0.2) is 30.2 Å². The van der Waals surface area contributed by atoms with Crippen molar-refractivity contribution in [2.75, 3.05) is 30.9 Å². The van der Waals surface area contributed by atoms with E-state index in [-0.39, 0.29) is 0 Å². The molecule has 6 nitrogen and oxygen atoms in total. The number of nitrogens with zero attached hydrogens (tertiary/aromatic N) is 3. The van der Waals surface area contributed by atoms with Crippen molar-refractivity contribution in [2.45, 2.75) is 0 Å². The Labute approximate surface area is 152 Å². The summed E-state index contributed by atoms with van der Waals surface area (Å²) in [7, 11) is 1.66. The van der Waals surface area contributed by atoms with Gasteiger partial charge in [0, 0.05) is 31.0 Å². The van der Waals surface area contributed by atoms with Gasteiger partial charge in [0.1, 0.15) is 5.82 Å². The second-order valence-electron chi connectivity index (χ2n) is 5.56. The molecule has 1 heterocycles. The second kappa shape index (κ2) is 8.60. The molecule has 2 aromatic carbocycles. The molecule has 0 aliphatic heterocycles. The zero-order valence-corrected chi connectivity index (χ0v) is 14.4. The third-order valence-corrected chi connectivity index (χ3v) is 3.68. The first-order valence-electron chi connectivity index (χ1n) is 8.23. The molecular weight excluding hydrogens is 326 g/mol. The molecule has 0 aliphatic rings. The highest BCUT2D eigenvalue weighted by atomic mass is 16.5. The largest absolute Gasteiger partial charge is 0.383 e. The number of nitrogens with one attached hydrogen (secondary N) is 2. The fraction of sp³-hybridized carbons (Fsp3) is 0.150. The van der Waals surface area contributed by atoms with Gasteiger partial charge in [-0.3, -0.25) is 0 Å². The number of aromatic nitrogens is 2. The molecule has 0 aliphatic carbocycles. The van der Waals surface area contributed by atoms with E-state index in [4.69, 9.17) is 10.00 Å². The van der Waals surface area contributed by atoms with Gasteiger partial charge in [0.25, 0.3) is 0 Å². The molecule has 1 aromatic heterocycles. The summed E-state index contributed by atoms with van der Waals surface area (Å²) in [4.78, 5) is 9.13. The zero-order valence-electron chi connectivity index (χ0n) is 14.4. The van der Waals surface area contributed by atoms with Gasteiger partial charge < -0.3 is 15.4 Å². The van der Waals surface area contributed by atoms with Gasteiger partial charge in [-0.25, -0.2) is 4.98 Å². The first kappa shape index (κ1) is 17.4. The predicted octanol–water partition coefficient (Wildman–Crippen LogP) is 3.82. The van der Waals surface area contributed by atoms with E-state index < -0.39 is 0 Å². The van der Waals surface area contributed by atoms with Gasteiger partial charge in [-0.15, -0.1) is 0 Å². The third-order valence-electron chi connectivity index (χ3n) is 3.68. The van der Waals surface area contributed by atoms with Crippen LogP contribution in [0.15, 0.2) is 60.7 Å². The summed E-state index contributed by atoms with van der Waals surface area (Å²) >= 11 is 0. The lowest BCUT2D eigenvalue weighted by Crippen LogP contribution is -2.10. The summed E-state index contributed by atoms with van der Waals surface area (Å²) < 4.78 is 5.08. The highest BCUT2D eigenvalue weighted by Gasteiger charge is 2.07. The van der Waals surface area contributed by atoms with Gasteiger partial charge >= 0.3 is 0 Å². The molecule has 0 atom stereocenters.